The number of hydrogen-bond donors (Lipinski definition) is 1. The number of amides is 1. The third-order valence-corrected chi connectivity index (χ3v) is 6.36. The molecule has 0 saturated carbocycles. The number of pyridine rings is 2. The van der Waals surface area contributed by atoms with Crippen LogP contribution in [0.4, 0.5) is 0 Å². The Bertz CT molecular complexity index is 1020. The molecule has 5 heterocycles. The smallest absolute Gasteiger partial charge is 0.255 e. The van der Waals surface area contributed by atoms with E-state index in [0.29, 0.717) is 24.9 Å². The van der Waals surface area contributed by atoms with Gasteiger partial charge in [0.05, 0.1) is 29.4 Å². The number of carbonyl (C=O) groups excluding carboxylic acids is 1. The minimum absolute atomic E-state index is 0.0365. The number of fused-ring (bicyclic) bond motifs is 3. The van der Waals surface area contributed by atoms with Crippen molar-refractivity contribution in [2.75, 3.05) is 0 Å². The van der Waals surface area contributed by atoms with E-state index in [4.69, 9.17) is 0 Å². The van der Waals surface area contributed by atoms with Gasteiger partial charge >= 0.3 is 0 Å². The van der Waals surface area contributed by atoms with Crippen molar-refractivity contribution in [1.82, 2.24) is 19.4 Å². The van der Waals surface area contributed by atoms with E-state index in [-0.39, 0.29) is 18.0 Å². The Labute approximate surface area is 163 Å². The molecule has 1 amide bonds. The summed E-state index contributed by atoms with van der Waals surface area (Å²) in [5, 5.41) is 12.6. The van der Waals surface area contributed by atoms with Crippen molar-refractivity contribution in [1.29, 1.82) is 0 Å². The molecule has 2 fully saturated rings. The van der Waals surface area contributed by atoms with Crippen LogP contribution in [0.3, 0.4) is 0 Å². The summed E-state index contributed by atoms with van der Waals surface area (Å²) in [5.41, 5.74) is 1.99. The maximum atomic E-state index is 13.0. The van der Waals surface area contributed by atoms with Gasteiger partial charge in [0.25, 0.3) is 5.91 Å². The number of aromatic nitrogens is 3. The van der Waals surface area contributed by atoms with E-state index in [9.17, 15) is 9.90 Å². The first-order chi connectivity index (χ1) is 13.5. The molecule has 5 rings (SSSR count). The van der Waals surface area contributed by atoms with Crippen LogP contribution in [0.1, 0.15) is 41.7 Å². The van der Waals surface area contributed by atoms with E-state index in [1.54, 1.807) is 24.7 Å². The number of carbonyl (C=O) groups is 1. The van der Waals surface area contributed by atoms with Crippen molar-refractivity contribution in [3.8, 4) is 0 Å². The summed E-state index contributed by atoms with van der Waals surface area (Å²) in [6.07, 6.45) is 10.1. The highest BCUT2D eigenvalue weighted by Crippen LogP contribution is 2.42. The summed E-state index contributed by atoms with van der Waals surface area (Å²) in [7, 11) is 0. The predicted octanol–water partition coefficient (Wildman–Crippen LogP) is 2.94. The molecule has 0 spiro atoms. The molecular formula is C22H24N4O2. The van der Waals surface area contributed by atoms with E-state index in [1.165, 1.54) is 0 Å². The summed E-state index contributed by atoms with van der Waals surface area (Å²) in [6.45, 7) is 2.61. The average Bonchev–Trinajstić information content (AvgIpc) is 3.16. The van der Waals surface area contributed by atoms with Crippen molar-refractivity contribution >= 4 is 16.8 Å². The van der Waals surface area contributed by atoms with Crippen molar-refractivity contribution in [2.45, 2.75) is 56.8 Å². The Balaban J connectivity index is 1.40. The summed E-state index contributed by atoms with van der Waals surface area (Å²) in [5.74, 6) is 0.0365. The second-order valence-corrected chi connectivity index (χ2v) is 8.28. The van der Waals surface area contributed by atoms with Crippen LogP contribution >= 0.6 is 0 Å². The van der Waals surface area contributed by atoms with Crippen LogP contribution in [0.5, 0.6) is 0 Å². The van der Waals surface area contributed by atoms with Gasteiger partial charge in [0.2, 0.25) is 0 Å². The number of nitrogens with zero attached hydrogens (tertiary/aromatic N) is 4. The number of piperidine rings is 1. The van der Waals surface area contributed by atoms with Crippen LogP contribution in [0, 0.1) is 6.92 Å². The lowest BCUT2D eigenvalue weighted by Crippen LogP contribution is -2.54. The lowest BCUT2D eigenvalue weighted by Gasteiger charge is -2.44. The predicted molar refractivity (Wildman–Crippen MR) is 106 cm³/mol. The van der Waals surface area contributed by atoms with Gasteiger partial charge in [0.1, 0.15) is 0 Å². The fourth-order valence-corrected chi connectivity index (χ4v) is 5.16. The van der Waals surface area contributed by atoms with Crippen LogP contribution in [0.2, 0.25) is 0 Å². The molecular weight excluding hydrogens is 352 g/mol. The number of rotatable bonds is 3. The van der Waals surface area contributed by atoms with Crippen LogP contribution in [-0.4, -0.2) is 48.1 Å². The molecule has 0 radical (unpaired) electrons. The highest BCUT2D eigenvalue weighted by atomic mass is 16.3. The van der Waals surface area contributed by atoms with E-state index < -0.39 is 5.60 Å². The maximum absolute atomic E-state index is 13.0. The van der Waals surface area contributed by atoms with Gasteiger partial charge in [-0.1, -0.05) is 0 Å². The molecule has 28 heavy (non-hydrogen) atoms. The third kappa shape index (κ3) is 2.79. The zero-order valence-corrected chi connectivity index (χ0v) is 16.0. The Kier molecular flexibility index (Phi) is 3.98. The molecule has 144 valence electrons. The normalized spacial score (nSPS) is 26.7. The molecule has 6 heteroatoms. The van der Waals surface area contributed by atoms with Crippen LogP contribution in [0.25, 0.3) is 10.9 Å². The zero-order chi connectivity index (χ0) is 19.3. The van der Waals surface area contributed by atoms with Gasteiger partial charge in [-0.15, -0.1) is 0 Å². The maximum Gasteiger partial charge on any atom is 0.255 e. The molecule has 2 saturated heterocycles. The van der Waals surface area contributed by atoms with E-state index in [1.807, 2.05) is 23.2 Å². The van der Waals surface area contributed by atoms with Crippen LogP contribution < -0.4 is 0 Å². The number of hydrogen-bond acceptors (Lipinski definition) is 4. The van der Waals surface area contributed by atoms with E-state index in [2.05, 4.69) is 27.5 Å². The summed E-state index contributed by atoms with van der Waals surface area (Å²) in [4.78, 5) is 23.3. The first-order valence-corrected chi connectivity index (χ1v) is 9.89. The van der Waals surface area contributed by atoms with Gasteiger partial charge in [-0.2, -0.15) is 0 Å². The van der Waals surface area contributed by atoms with Gasteiger partial charge in [0, 0.05) is 41.8 Å². The largest absolute Gasteiger partial charge is 0.388 e. The number of aliphatic hydroxyl groups is 1. The number of aryl methyl sites for hydroxylation is 1. The molecule has 0 aliphatic carbocycles. The third-order valence-electron chi connectivity index (χ3n) is 6.36. The highest BCUT2D eigenvalue weighted by Gasteiger charge is 2.49. The second-order valence-electron chi connectivity index (χ2n) is 8.28. The molecule has 3 aromatic heterocycles. The Morgan fingerprint density at radius 1 is 1.18 bits per heavy atom. The van der Waals surface area contributed by atoms with Gasteiger partial charge in [-0.05, 0) is 56.9 Å². The van der Waals surface area contributed by atoms with Crippen molar-refractivity contribution < 1.29 is 9.90 Å². The minimum Gasteiger partial charge on any atom is -0.388 e. The average molecular weight is 376 g/mol. The van der Waals surface area contributed by atoms with Gasteiger partial charge in [-0.25, -0.2) is 0 Å². The molecule has 6 nitrogen and oxygen atoms in total. The Morgan fingerprint density at radius 2 is 1.93 bits per heavy atom. The molecule has 2 bridgehead atoms. The van der Waals surface area contributed by atoms with Crippen LogP contribution in [-0.2, 0) is 6.54 Å². The highest BCUT2D eigenvalue weighted by molar-refractivity contribution is 5.94. The van der Waals surface area contributed by atoms with E-state index >= 15 is 0 Å². The molecule has 2 aliphatic rings. The SMILES string of the molecule is Cc1cc2ccncc2n1CC1(O)CC2CCC(C1)N2C(=O)c1cccnc1. The monoisotopic (exact) mass is 376 g/mol. The fraction of sp³-hybridized carbons (Fsp3) is 0.409. The van der Waals surface area contributed by atoms with Crippen molar-refractivity contribution in [3.63, 3.8) is 0 Å². The summed E-state index contributed by atoms with van der Waals surface area (Å²) >= 11 is 0. The van der Waals surface area contributed by atoms with Crippen molar-refractivity contribution in [3.05, 3.63) is 60.3 Å². The Hall–Kier alpha value is -2.73. The minimum atomic E-state index is -0.815. The van der Waals surface area contributed by atoms with Gasteiger partial charge in [-0.3, -0.25) is 14.8 Å². The molecule has 3 aromatic rings. The molecule has 2 aliphatic heterocycles. The zero-order valence-electron chi connectivity index (χ0n) is 16.0. The lowest BCUT2D eigenvalue weighted by molar-refractivity contribution is -0.0536. The first kappa shape index (κ1) is 17.4. The fourth-order valence-electron chi connectivity index (χ4n) is 5.16. The topological polar surface area (TPSA) is 71.2 Å². The summed E-state index contributed by atoms with van der Waals surface area (Å²) < 4.78 is 2.17. The lowest BCUT2D eigenvalue weighted by atomic mass is 9.85. The van der Waals surface area contributed by atoms with Crippen molar-refractivity contribution in [2.24, 2.45) is 0 Å². The first-order valence-electron chi connectivity index (χ1n) is 9.89. The van der Waals surface area contributed by atoms with Crippen LogP contribution in [0.15, 0.2) is 49.1 Å². The van der Waals surface area contributed by atoms with E-state index in [0.717, 1.165) is 29.4 Å². The standard InChI is InChI=1S/C22H24N4O2/c1-15-9-16-6-8-24-13-20(16)25(15)14-22(28)10-18-4-5-19(11-22)26(18)21(27)17-3-2-7-23-12-17/h2-3,6-9,12-13,18-19,28H,4-5,10-11,14H2,1H3. The summed E-state index contributed by atoms with van der Waals surface area (Å²) in [6, 6.07) is 7.91. The quantitative estimate of drug-likeness (QED) is 0.763. The molecule has 1 N–H and O–H groups in total. The van der Waals surface area contributed by atoms with Gasteiger partial charge < -0.3 is 14.6 Å². The Morgan fingerprint density at radius 3 is 2.64 bits per heavy atom. The molecule has 2 atom stereocenters. The molecule has 0 aromatic carbocycles. The van der Waals surface area contributed by atoms with Gasteiger partial charge in [0.15, 0.2) is 0 Å². The molecule has 2 unspecified atom stereocenters. The second kappa shape index (κ2) is 6.41.